The fourth-order valence-corrected chi connectivity index (χ4v) is 4.91. The normalized spacial score (nSPS) is 16.5. The summed E-state index contributed by atoms with van der Waals surface area (Å²) in [4.78, 5) is 16.6. The summed E-state index contributed by atoms with van der Waals surface area (Å²) >= 11 is 0. The number of benzene rings is 2. The number of carbonyl (C=O) groups is 1. The predicted octanol–water partition coefficient (Wildman–Crippen LogP) is 3.36. The molecule has 0 saturated carbocycles. The minimum Gasteiger partial charge on any atom is -0.454 e. The fraction of sp³-hybridized carbons (Fsp3) is 0.333. The minimum absolute atomic E-state index is 0.0110. The molecule has 0 bridgehead atoms. The monoisotopic (exact) mass is 484 g/mol. The van der Waals surface area contributed by atoms with Crippen molar-refractivity contribution >= 4 is 21.7 Å². The number of carbonyl (C=O) groups excluding carboxylic acids is 1. The lowest BCUT2D eigenvalue weighted by Gasteiger charge is -2.26. The smallest absolute Gasteiger partial charge is 0.416 e. The van der Waals surface area contributed by atoms with Gasteiger partial charge in [-0.05, 0) is 35.9 Å². The van der Waals surface area contributed by atoms with Gasteiger partial charge in [0, 0.05) is 25.9 Å². The van der Waals surface area contributed by atoms with Crippen LogP contribution < -0.4 is 9.47 Å². The number of alkyl halides is 3. The van der Waals surface area contributed by atoms with E-state index < -0.39 is 32.6 Å². The van der Waals surface area contributed by atoms with Crippen LogP contribution in [0.4, 0.5) is 13.2 Å². The summed E-state index contributed by atoms with van der Waals surface area (Å²) in [5.41, 5.74) is 0.119. The molecular formula is C21H19F3N2O6S. The van der Waals surface area contributed by atoms with E-state index in [1.807, 2.05) is 0 Å². The van der Waals surface area contributed by atoms with E-state index in [1.54, 1.807) is 18.2 Å². The van der Waals surface area contributed by atoms with Crippen LogP contribution in [0.3, 0.4) is 0 Å². The maximum Gasteiger partial charge on any atom is 0.416 e. The molecule has 2 heterocycles. The SMILES string of the molecule is O=C(Cc1ccc2c(c1)OCO2)ON=C1CCN(S(=O)(=O)c2cccc(C(F)(F)F)c2)CC1. The number of hydrogen-bond acceptors (Lipinski definition) is 7. The number of hydrogen-bond donors (Lipinski definition) is 0. The van der Waals surface area contributed by atoms with Crippen LogP contribution in [0.15, 0.2) is 52.5 Å². The van der Waals surface area contributed by atoms with Crippen molar-refractivity contribution in [2.24, 2.45) is 5.16 Å². The maximum atomic E-state index is 12.9. The number of piperidine rings is 1. The van der Waals surface area contributed by atoms with E-state index in [1.165, 1.54) is 0 Å². The summed E-state index contributed by atoms with van der Waals surface area (Å²) in [6.07, 6.45) is -4.30. The molecule has 2 aromatic rings. The third-order valence-electron chi connectivity index (χ3n) is 5.16. The Morgan fingerprint density at radius 1 is 1.06 bits per heavy atom. The van der Waals surface area contributed by atoms with E-state index >= 15 is 0 Å². The van der Waals surface area contributed by atoms with Gasteiger partial charge in [-0.15, -0.1) is 0 Å². The Labute approximate surface area is 187 Å². The molecule has 0 spiro atoms. The topological polar surface area (TPSA) is 94.5 Å². The van der Waals surface area contributed by atoms with E-state index in [0.717, 1.165) is 22.5 Å². The van der Waals surface area contributed by atoms with Crippen LogP contribution in [0.5, 0.6) is 11.5 Å². The largest absolute Gasteiger partial charge is 0.454 e. The van der Waals surface area contributed by atoms with E-state index in [0.29, 0.717) is 28.8 Å². The first kappa shape index (κ1) is 23.1. The van der Waals surface area contributed by atoms with Crippen LogP contribution in [0, 0.1) is 0 Å². The van der Waals surface area contributed by atoms with Crippen molar-refractivity contribution in [3.63, 3.8) is 0 Å². The highest BCUT2D eigenvalue weighted by Gasteiger charge is 2.34. The first-order valence-corrected chi connectivity index (χ1v) is 11.4. The molecule has 2 aliphatic heterocycles. The lowest BCUT2D eigenvalue weighted by Crippen LogP contribution is -2.38. The number of sulfonamides is 1. The van der Waals surface area contributed by atoms with Crippen LogP contribution in [0.2, 0.25) is 0 Å². The third kappa shape index (κ3) is 5.28. The van der Waals surface area contributed by atoms with Gasteiger partial charge in [0.05, 0.1) is 22.6 Å². The molecule has 0 radical (unpaired) electrons. The van der Waals surface area contributed by atoms with Gasteiger partial charge in [0.25, 0.3) is 0 Å². The Hall–Kier alpha value is -3.12. The zero-order chi connectivity index (χ0) is 23.6. The second-order valence-electron chi connectivity index (χ2n) is 7.41. The lowest BCUT2D eigenvalue weighted by molar-refractivity contribution is -0.143. The third-order valence-corrected chi connectivity index (χ3v) is 7.06. The molecular weight excluding hydrogens is 465 g/mol. The van der Waals surface area contributed by atoms with Gasteiger partial charge in [0.1, 0.15) is 0 Å². The van der Waals surface area contributed by atoms with Crippen molar-refractivity contribution in [1.29, 1.82) is 0 Å². The molecule has 1 saturated heterocycles. The second-order valence-corrected chi connectivity index (χ2v) is 9.35. The molecule has 2 aliphatic rings. The molecule has 1 fully saturated rings. The number of ether oxygens (including phenoxy) is 2. The van der Waals surface area contributed by atoms with Crippen molar-refractivity contribution in [1.82, 2.24) is 4.31 Å². The fourth-order valence-electron chi connectivity index (χ4n) is 3.42. The summed E-state index contributed by atoms with van der Waals surface area (Å²) in [5, 5.41) is 3.83. The lowest BCUT2D eigenvalue weighted by atomic mass is 10.1. The zero-order valence-electron chi connectivity index (χ0n) is 17.2. The summed E-state index contributed by atoms with van der Waals surface area (Å²) in [6, 6.07) is 8.71. The van der Waals surface area contributed by atoms with Gasteiger partial charge in [0.2, 0.25) is 16.8 Å². The van der Waals surface area contributed by atoms with Gasteiger partial charge in [-0.1, -0.05) is 17.3 Å². The molecule has 0 N–H and O–H groups in total. The van der Waals surface area contributed by atoms with Crippen molar-refractivity contribution in [3.05, 3.63) is 53.6 Å². The molecule has 0 aliphatic carbocycles. The van der Waals surface area contributed by atoms with Crippen LogP contribution in [-0.2, 0) is 32.3 Å². The Balaban J connectivity index is 1.33. The number of halogens is 3. The summed E-state index contributed by atoms with van der Waals surface area (Å²) < 4.78 is 75.8. The minimum atomic E-state index is -4.64. The van der Waals surface area contributed by atoms with E-state index in [4.69, 9.17) is 14.3 Å². The molecule has 12 heteroatoms. The van der Waals surface area contributed by atoms with Crippen molar-refractivity contribution in [2.75, 3.05) is 19.9 Å². The maximum absolute atomic E-state index is 12.9. The Kier molecular flexibility index (Phi) is 6.30. The number of nitrogens with zero attached hydrogens (tertiary/aromatic N) is 2. The molecule has 33 heavy (non-hydrogen) atoms. The van der Waals surface area contributed by atoms with Gasteiger partial charge in [-0.3, -0.25) is 0 Å². The molecule has 0 amide bonds. The van der Waals surface area contributed by atoms with Crippen LogP contribution >= 0.6 is 0 Å². The Morgan fingerprint density at radius 3 is 2.52 bits per heavy atom. The van der Waals surface area contributed by atoms with Gasteiger partial charge in [-0.25, -0.2) is 13.2 Å². The molecule has 8 nitrogen and oxygen atoms in total. The van der Waals surface area contributed by atoms with Gasteiger partial charge >= 0.3 is 12.1 Å². The van der Waals surface area contributed by atoms with Crippen molar-refractivity contribution < 1.29 is 40.7 Å². The summed E-state index contributed by atoms with van der Waals surface area (Å²) in [6.45, 7) is 0.144. The first-order chi connectivity index (χ1) is 15.6. The van der Waals surface area contributed by atoms with Gasteiger partial charge in [-0.2, -0.15) is 17.5 Å². The van der Waals surface area contributed by atoms with Crippen molar-refractivity contribution in [2.45, 2.75) is 30.3 Å². The van der Waals surface area contributed by atoms with Crippen LogP contribution in [0.25, 0.3) is 0 Å². The molecule has 176 valence electrons. The average molecular weight is 484 g/mol. The first-order valence-electron chi connectivity index (χ1n) is 9.94. The molecule has 2 aromatic carbocycles. The highest BCUT2D eigenvalue weighted by Crippen LogP contribution is 2.33. The number of fused-ring (bicyclic) bond motifs is 1. The Bertz CT molecular complexity index is 1190. The zero-order valence-corrected chi connectivity index (χ0v) is 18.0. The van der Waals surface area contributed by atoms with Crippen LogP contribution in [0.1, 0.15) is 24.0 Å². The highest BCUT2D eigenvalue weighted by atomic mass is 32.2. The molecule has 0 atom stereocenters. The molecule has 4 rings (SSSR count). The van der Waals surface area contributed by atoms with E-state index in [9.17, 15) is 26.4 Å². The average Bonchev–Trinajstić information content (AvgIpc) is 3.25. The summed E-state index contributed by atoms with van der Waals surface area (Å²) in [7, 11) is -4.10. The molecule has 0 aromatic heterocycles. The quantitative estimate of drug-likeness (QED) is 0.477. The number of rotatable bonds is 5. The second kappa shape index (κ2) is 9.02. The number of oxime groups is 1. The Morgan fingerprint density at radius 2 is 1.79 bits per heavy atom. The highest BCUT2D eigenvalue weighted by molar-refractivity contribution is 7.89. The van der Waals surface area contributed by atoms with E-state index in [2.05, 4.69) is 5.16 Å². The molecule has 0 unspecified atom stereocenters. The standard InChI is InChI=1S/C21H19F3N2O6S/c22-21(23,24)15-2-1-3-17(12-15)33(28,29)26-8-6-16(7-9-26)25-32-20(27)11-14-4-5-18-19(10-14)31-13-30-18/h1-5,10,12H,6-9,11,13H2. The van der Waals surface area contributed by atoms with Gasteiger partial charge in [0.15, 0.2) is 11.5 Å². The van der Waals surface area contributed by atoms with E-state index in [-0.39, 0.29) is 39.1 Å². The predicted molar refractivity (Wildman–Crippen MR) is 109 cm³/mol. The summed E-state index contributed by atoms with van der Waals surface area (Å²) in [5.74, 6) is 0.542. The van der Waals surface area contributed by atoms with Crippen LogP contribution in [-0.4, -0.2) is 44.3 Å². The van der Waals surface area contributed by atoms with Crippen molar-refractivity contribution in [3.8, 4) is 11.5 Å². The van der Waals surface area contributed by atoms with Gasteiger partial charge < -0.3 is 14.3 Å².